The monoisotopic (exact) mass is 380 g/mol. The number of nitrogens with zero attached hydrogens (tertiary/aromatic N) is 1. The Kier molecular flexibility index (Phi) is 4.60. The van der Waals surface area contributed by atoms with Gasteiger partial charge in [0.25, 0.3) is 15.9 Å². The van der Waals surface area contributed by atoms with E-state index in [4.69, 9.17) is 13.9 Å². The Labute approximate surface area is 149 Å². The summed E-state index contributed by atoms with van der Waals surface area (Å²) in [5, 5.41) is 2.50. The second kappa shape index (κ2) is 6.71. The van der Waals surface area contributed by atoms with Crippen LogP contribution >= 0.6 is 0 Å². The molecular weight excluding hydrogens is 364 g/mol. The summed E-state index contributed by atoms with van der Waals surface area (Å²) in [4.78, 5) is 24.3. The SMILES string of the molecule is COc1cc2c(cc1OC)S(=O)(=O)N(CC(=O)NCc1ccco1)C2=O. The topological polar surface area (TPSA) is 115 Å². The summed E-state index contributed by atoms with van der Waals surface area (Å²) in [5.74, 6) is -0.531. The van der Waals surface area contributed by atoms with E-state index < -0.39 is 28.4 Å². The van der Waals surface area contributed by atoms with Gasteiger partial charge in [0.2, 0.25) is 5.91 Å². The Bertz CT molecular complexity index is 951. The summed E-state index contributed by atoms with van der Waals surface area (Å²) < 4.78 is 41.1. The van der Waals surface area contributed by atoms with Gasteiger partial charge in [-0.2, -0.15) is 0 Å². The fourth-order valence-corrected chi connectivity index (χ4v) is 4.07. The molecular formula is C16H16N2O7S. The average molecular weight is 380 g/mol. The Morgan fingerprint density at radius 2 is 1.92 bits per heavy atom. The van der Waals surface area contributed by atoms with Crippen LogP contribution in [-0.2, 0) is 21.4 Å². The lowest BCUT2D eigenvalue weighted by atomic mass is 10.2. The summed E-state index contributed by atoms with van der Waals surface area (Å²) in [6.45, 7) is -0.552. The van der Waals surface area contributed by atoms with E-state index in [9.17, 15) is 18.0 Å². The molecule has 1 aliphatic heterocycles. The third-order valence-electron chi connectivity index (χ3n) is 3.84. The number of furan rings is 1. The Balaban J connectivity index is 1.83. The first kappa shape index (κ1) is 17.8. The maximum atomic E-state index is 12.6. The number of amides is 2. The first-order valence-electron chi connectivity index (χ1n) is 7.50. The number of nitrogens with one attached hydrogen (secondary N) is 1. The number of benzene rings is 1. The highest BCUT2D eigenvalue weighted by atomic mass is 32.2. The van der Waals surface area contributed by atoms with Crippen molar-refractivity contribution >= 4 is 21.8 Å². The van der Waals surface area contributed by atoms with Crippen molar-refractivity contribution in [1.29, 1.82) is 0 Å². The number of ether oxygens (including phenoxy) is 2. The van der Waals surface area contributed by atoms with Crippen molar-refractivity contribution < 1.29 is 31.9 Å². The molecule has 3 rings (SSSR count). The van der Waals surface area contributed by atoms with E-state index in [2.05, 4.69) is 5.32 Å². The standard InChI is InChI=1S/C16H16N2O7S/c1-23-12-6-11-14(7-13(12)24-2)26(21,22)18(16(11)20)9-15(19)17-8-10-4-3-5-25-10/h3-7H,8-9H2,1-2H3,(H,17,19). The zero-order valence-corrected chi connectivity index (χ0v) is 14.8. The molecule has 2 heterocycles. The van der Waals surface area contributed by atoms with Gasteiger partial charge in [-0.15, -0.1) is 0 Å². The van der Waals surface area contributed by atoms with Crippen LogP contribution in [0.2, 0.25) is 0 Å². The molecule has 0 saturated carbocycles. The third-order valence-corrected chi connectivity index (χ3v) is 5.61. The molecule has 0 bridgehead atoms. The van der Waals surface area contributed by atoms with Crippen LogP contribution < -0.4 is 14.8 Å². The molecule has 9 nitrogen and oxygen atoms in total. The molecule has 1 aromatic heterocycles. The molecule has 0 unspecified atom stereocenters. The van der Waals surface area contributed by atoms with Crippen LogP contribution in [0.25, 0.3) is 0 Å². The summed E-state index contributed by atoms with van der Waals surface area (Å²) in [6, 6.07) is 5.82. The molecule has 0 spiro atoms. The first-order chi connectivity index (χ1) is 12.4. The highest BCUT2D eigenvalue weighted by Crippen LogP contribution is 2.38. The highest BCUT2D eigenvalue weighted by molar-refractivity contribution is 7.90. The Morgan fingerprint density at radius 1 is 1.23 bits per heavy atom. The van der Waals surface area contributed by atoms with Gasteiger partial charge in [0, 0.05) is 6.07 Å². The van der Waals surface area contributed by atoms with E-state index >= 15 is 0 Å². The van der Waals surface area contributed by atoms with E-state index in [1.54, 1.807) is 12.1 Å². The summed E-state index contributed by atoms with van der Waals surface area (Å²) >= 11 is 0. The molecule has 0 saturated heterocycles. The number of hydrogen-bond acceptors (Lipinski definition) is 7. The van der Waals surface area contributed by atoms with Crippen LogP contribution in [0.15, 0.2) is 39.8 Å². The number of carbonyl (C=O) groups is 2. The predicted octanol–water partition coefficient (Wildman–Crippen LogP) is 0.758. The van der Waals surface area contributed by atoms with Crippen LogP contribution in [0, 0.1) is 0 Å². The van der Waals surface area contributed by atoms with Gasteiger partial charge in [0.05, 0.1) is 32.6 Å². The van der Waals surface area contributed by atoms with Crippen molar-refractivity contribution in [1.82, 2.24) is 9.62 Å². The molecule has 10 heteroatoms. The lowest BCUT2D eigenvalue weighted by Gasteiger charge is -2.14. The van der Waals surface area contributed by atoms with Crippen LogP contribution in [0.3, 0.4) is 0 Å². The summed E-state index contributed by atoms with van der Waals surface area (Å²) in [6.07, 6.45) is 1.45. The maximum Gasteiger partial charge on any atom is 0.269 e. The zero-order valence-electron chi connectivity index (χ0n) is 14.0. The first-order valence-corrected chi connectivity index (χ1v) is 8.94. The number of carbonyl (C=O) groups excluding carboxylic acids is 2. The van der Waals surface area contributed by atoms with Crippen LogP contribution in [0.1, 0.15) is 16.1 Å². The van der Waals surface area contributed by atoms with Gasteiger partial charge in [-0.1, -0.05) is 0 Å². The normalized spacial score (nSPS) is 14.8. The Hall–Kier alpha value is -3.01. The van der Waals surface area contributed by atoms with E-state index in [-0.39, 0.29) is 28.5 Å². The second-order valence-electron chi connectivity index (χ2n) is 5.38. The van der Waals surface area contributed by atoms with Gasteiger partial charge in [0.15, 0.2) is 11.5 Å². The van der Waals surface area contributed by atoms with E-state index in [0.29, 0.717) is 10.1 Å². The number of sulfonamides is 1. The van der Waals surface area contributed by atoms with E-state index in [0.717, 1.165) is 0 Å². The number of methoxy groups -OCH3 is 2. The molecule has 0 radical (unpaired) electrons. The van der Waals surface area contributed by atoms with Gasteiger partial charge in [-0.25, -0.2) is 12.7 Å². The summed E-state index contributed by atoms with van der Waals surface area (Å²) in [5.41, 5.74) is -0.0681. The Morgan fingerprint density at radius 3 is 2.54 bits per heavy atom. The molecule has 26 heavy (non-hydrogen) atoms. The van der Waals surface area contributed by atoms with Crippen molar-refractivity contribution in [2.45, 2.75) is 11.4 Å². The number of hydrogen-bond donors (Lipinski definition) is 1. The quantitative estimate of drug-likeness (QED) is 0.786. The molecule has 2 aromatic rings. The average Bonchev–Trinajstić information content (AvgIpc) is 3.21. The van der Waals surface area contributed by atoms with Crippen molar-refractivity contribution in [3.05, 3.63) is 41.9 Å². The molecule has 1 aliphatic rings. The maximum absolute atomic E-state index is 12.6. The second-order valence-corrected chi connectivity index (χ2v) is 7.21. The highest BCUT2D eigenvalue weighted by Gasteiger charge is 2.43. The lowest BCUT2D eigenvalue weighted by molar-refractivity contribution is -0.121. The molecule has 0 fully saturated rings. The van der Waals surface area contributed by atoms with Gasteiger partial charge in [0.1, 0.15) is 17.2 Å². The molecule has 0 atom stereocenters. The molecule has 2 amide bonds. The largest absolute Gasteiger partial charge is 0.493 e. The molecule has 1 aromatic carbocycles. The van der Waals surface area contributed by atoms with Crippen LogP contribution in [-0.4, -0.2) is 45.3 Å². The van der Waals surface area contributed by atoms with Crippen molar-refractivity contribution in [3.8, 4) is 11.5 Å². The molecule has 0 aliphatic carbocycles. The lowest BCUT2D eigenvalue weighted by Crippen LogP contribution is -2.40. The minimum absolute atomic E-state index is 0.0681. The van der Waals surface area contributed by atoms with Crippen molar-refractivity contribution in [2.24, 2.45) is 0 Å². The number of fused-ring (bicyclic) bond motifs is 1. The van der Waals surface area contributed by atoms with E-state index in [1.165, 1.54) is 32.6 Å². The minimum atomic E-state index is -4.16. The fraction of sp³-hybridized carbons (Fsp3) is 0.250. The summed E-state index contributed by atoms with van der Waals surface area (Å²) in [7, 11) is -1.43. The van der Waals surface area contributed by atoms with Crippen LogP contribution in [0.4, 0.5) is 0 Å². The van der Waals surface area contributed by atoms with Gasteiger partial charge >= 0.3 is 0 Å². The fourth-order valence-electron chi connectivity index (χ4n) is 2.55. The van der Waals surface area contributed by atoms with Crippen molar-refractivity contribution in [3.63, 3.8) is 0 Å². The zero-order chi connectivity index (χ0) is 18.9. The molecule has 138 valence electrons. The van der Waals surface area contributed by atoms with Crippen LogP contribution in [0.5, 0.6) is 11.5 Å². The van der Waals surface area contributed by atoms with Gasteiger partial charge in [-0.3, -0.25) is 9.59 Å². The van der Waals surface area contributed by atoms with Gasteiger partial charge in [-0.05, 0) is 18.2 Å². The minimum Gasteiger partial charge on any atom is -0.493 e. The smallest absolute Gasteiger partial charge is 0.269 e. The van der Waals surface area contributed by atoms with Crippen molar-refractivity contribution in [2.75, 3.05) is 20.8 Å². The van der Waals surface area contributed by atoms with E-state index in [1.807, 2.05) is 0 Å². The van der Waals surface area contributed by atoms with Gasteiger partial charge < -0.3 is 19.2 Å². The molecule has 1 N–H and O–H groups in total. The number of rotatable bonds is 6. The predicted molar refractivity (Wildman–Crippen MR) is 88.3 cm³/mol. The third kappa shape index (κ3) is 2.99.